The molecule has 3 aromatic rings. The van der Waals surface area contributed by atoms with Crippen molar-refractivity contribution in [3.8, 4) is 0 Å². The average Bonchev–Trinajstić information content (AvgIpc) is 3.01. The Labute approximate surface area is 162 Å². The maximum absolute atomic E-state index is 9.90. The predicted molar refractivity (Wildman–Crippen MR) is 109 cm³/mol. The highest BCUT2D eigenvalue weighted by atomic mass is 35.5. The second-order valence-electron chi connectivity index (χ2n) is 6.52. The van der Waals surface area contributed by atoms with Gasteiger partial charge in [-0.1, -0.05) is 18.5 Å². The third kappa shape index (κ3) is 4.23. The zero-order valence-electron chi connectivity index (χ0n) is 15.6. The van der Waals surface area contributed by atoms with Gasteiger partial charge in [0, 0.05) is 24.3 Å². The summed E-state index contributed by atoms with van der Waals surface area (Å²) in [5.74, 6) is 1.02. The number of nitrogens with one attached hydrogen (secondary N) is 2. The first kappa shape index (κ1) is 19.2. The lowest BCUT2D eigenvalue weighted by Crippen LogP contribution is -2.31. The number of aryl methyl sites for hydroxylation is 1. The van der Waals surface area contributed by atoms with Gasteiger partial charge in [-0.05, 0) is 37.1 Å². The molecule has 2 heterocycles. The molecule has 9 heteroatoms. The second kappa shape index (κ2) is 7.98. The van der Waals surface area contributed by atoms with E-state index in [0.29, 0.717) is 40.2 Å². The van der Waals surface area contributed by atoms with Gasteiger partial charge in [0.15, 0.2) is 17.0 Å². The molecule has 0 saturated heterocycles. The molecule has 0 aliphatic heterocycles. The molecule has 0 radical (unpaired) electrons. The highest BCUT2D eigenvalue weighted by Gasteiger charge is 2.17. The Hall–Kier alpha value is -2.58. The van der Waals surface area contributed by atoms with Gasteiger partial charge in [-0.3, -0.25) is 0 Å². The normalized spacial score (nSPS) is 13.5. The molecule has 3 rings (SSSR count). The Kier molecular flexibility index (Phi) is 5.67. The van der Waals surface area contributed by atoms with Crippen molar-refractivity contribution < 1.29 is 5.11 Å². The monoisotopic (exact) mass is 389 g/mol. The molecule has 2 atom stereocenters. The number of nitrogen functional groups attached to an aromatic ring is 1. The smallest absolute Gasteiger partial charge is 0.227 e. The zero-order chi connectivity index (χ0) is 19.6. The third-order valence-corrected chi connectivity index (χ3v) is 4.68. The predicted octanol–water partition coefficient (Wildman–Crippen LogP) is 2.78. The van der Waals surface area contributed by atoms with Gasteiger partial charge in [-0.25, -0.2) is 4.98 Å². The molecule has 144 valence electrons. The van der Waals surface area contributed by atoms with Crippen LogP contribution in [0.3, 0.4) is 0 Å². The number of fused-ring (bicyclic) bond motifs is 1. The largest absolute Gasteiger partial charge is 0.398 e. The summed E-state index contributed by atoms with van der Waals surface area (Å²) in [6, 6.07) is 5.20. The Morgan fingerprint density at radius 2 is 2.11 bits per heavy atom. The molecule has 0 fully saturated rings. The summed E-state index contributed by atoms with van der Waals surface area (Å²) in [6.45, 7) is 4.18. The molecule has 2 unspecified atom stereocenters. The lowest BCUT2D eigenvalue weighted by atomic mass is 10.1. The van der Waals surface area contributed by atoms with Crippen LogP contribution in [0.5, 0.6) is 0 Å². The number of anilines is 3. The van der Waals surface area contributed by atoms with Crippen LogP contribution >= 0.6 is 11.6 Å². The van der Waals surface area contributed by atoms with E-state index in [-0.39, 0.29) is 6.04 Å². The maximum atomic E-state index is 9.90. The zero-order valence-corrected chi connectivity index (χ0v) is 16.3. The van der Waals surface area contributed by atoms with Gasteiger partial charge >= 0.3 is 0 Å². The molecule has 5 N–H and O–H groups in total. The fourth-order valence-electron chi connectivity index (χ4n) is 2.83. The molecular weight excluding hydrogens is 366 g/mol. The summed E-state index contributed by atoms with van der Waals surface area (Å²) < 4.78 is 1.82. The molecule has 2 aromatic heterocycles. The van der Waals surface area contributed by atoms with Crippen molar-refractivity contribution >= 4 is 40.2 Å². The highest BCUT2D eigenvalue weighted by molar-refractivity contribution is 6.30. The van der Waals surface area contributed by atoms with Crippen LogP contribution in [-0.2, 0) is 13.6 Å². The second-order valence-corrected chi connectivity index (χ2v) is 6.96. The van der Waals surface area contributed by atoms with E-state index in [1.807, 2.05) is 24.6 Å². The topological polar surface area (TPSA) is 114 Å². The number of imidazole rings is 1. The Bertz CT molecular complexity index is 941. The quantitative estimate of drug-likeness (QED) is 0.459. The molecule has 27 heavy (non-hydrogen) atoms. The first-order valence-corrected chi connectivity index (χ1v) is 9.18. The van der Waals surface area contributed by atoms with Crippen LogP contribution in [0.4, 0.5) is 17.5 Å². The number of nitrogens with two attached hydrogens (primary N) is 1. The Balaban J connectivity index is 1.92. The number of aliphatic hydroxyl groups is 1. The molecular formula is C18H24ClN7O. The van der Waals surface area contributed by atoms with Crippen LogP contribution in [0.25, 0.3) is 11.2 Å². The van der Waals surface area contributed by atoms with Crippen molar-refractivity contribution in [3.63, 3.8) is 0 Å². The lowest BCUT2D eigenvalue weighted by molar-refractivity contribution is 0.169. The number of aromatic nitrogens is 4. The SMILES string of the molecule is CCC(Nc1nc(NCc2cc(Cl)ccc2N)c2ncn(C)c2n1)C(C)O. The van der Waals surface area contributed by atoms with Crippen molar-refractivity contribution in [1.29, 1.82) is 0 Å². The number of rotatable bonds is 7. The van der Waals surface area contributed by atoms with E-state index in [2.05, 4.69) is 25.6 Å². The van der Waals surface area contributed by atoms with Crippen LogP contribution in [0, 0.1) is 0 Å². The van der Waals surface area contributed by atoms with Crippen LogP contribution in [0.15, 0.2) is 24.5 Å². The minimum Gasteiger partial charge on any atom is -0.398 e. The van der Waals surface area contributed by atoms with Crippen molar-refractivity contribution in [3.05, 3.63) is 35.1 Å². The molecule has 0 spiro atoms. The summed E-state index contributed by atoms with van der Waals surface area (Å²) >= 11 is 6.07. The van der Waals surface area contributed by atoms with E-state index in [0.717, 1.165) is 12.0 Å². The summed E-state index contributed by atoms with van der Waals surface area (Å²) in [5.41, 5.74) is 8.90. The fraction of sp³-hybridized carbons (Fsp3) is 0.389. The third-order valence-electron chi connectivity index (χ3n) is 4.45. The van der Waals surface area contributed by atoms with Crippen molar-refractivity contribution in [2.75, 3.05) is 16.4 Å². The molecule has 1 aromatic carbocycles. The van der Waals surface area contributed by atoms with E-state index in [1.165, 1.54) is 0 Å². The molecule has 8 nitrogen and oxygen atoms in total. The maximum Gasteiger partial charge on any atom is 0.227 e. The minimum atomic E-state index is -0.525. The van der Waals surface area contributed by atoms with Gasteiger partial charge < -0.3 is 26.0 Å². The van der Waals surface area contributed by atoms with E-state index in [4.69, 9.17) is 17.3 Å². The number of nitrogens with zero attached hydrogens (tertiary/aromatic N) is 4. The van der Waals surface area contributed by atoms with Crippen LogP contribution in [0.1, 0.15) is 25.8 Å². The Morgan fingerprint density at radius 3 is 2.81 bits per heavy atom. The summed E-state index contributed by atoms with van der Waals surface area (Å²) in [4.78, 5) is 13.5. The number of benzene rings is 1. The fourth-order valence-corrected chi connectivity index (χ4v) is 3.03. The van der Waals surface area contributed by atoms with Gasteiger partial charge in [0.1, 0.15) is 0 Å². The Morgan fingerprint density at radius 1 is 1.33 bits per heavy atom. The van der Waals surface area contributed by atoms with Crippen molar-refractivity contribution in [2.24, 2.45) is 7.05 Å². The number of aliphatic hydroxyl groups excluding tert-OH is 1. The minimum absolute atomic E-state index is 0.146. The van der Waals surface area contributed by atoms with Gasteiger partial charge in [0.2, 0.25) is 5.95 Å². The lowest BCUT2D eigenvalue weighted by Gasteiger charge is -2.20. The van der Waals surface area contributed by atoms with Gasteiger partial charge in [-0.15, -0.1) is 0 Å². The first-order chi connectivity index (χ1) is 12.9. The van der Waals surface area contributed by atoms with E-state index in [9.17, 15) is 5.11 Å². The number of hydrogen-bond acceptors (Lipinski definition) is 7. The van der Waals surface area contributed by atoms with E-state index in [1.54, 1.807) is 25.4 Å². The summed E-state index contributed by atoms with van der Waals surface area (Å²) in [6.07, 6.45) is 1.91. The molecule has 0 aliphatic rings. The van der Waals surface area contributed by atoms with E-state index >= 15 is 0 Å². The van der Waals surface area contributed by atoms with Crippen molar-refractivity contribution in [2.45, 2.75) is 39.0 Å². The molecule has 0 aliphatic carbocycles. The number of halogens is 1. The van der Waals surface area contributed by atoms with Crippen LogP contribution in [-0.4, -0.2) is 36.8 Å². The highest BCUT2D eigenvalue weighted by Crippen LogP contribution is 2.24. The van der Waals surface area contributed by atoms with Crippen LogP contribution in [0.2, 0.25) is 5.02 Å². The van der Waals surface area contributed by atoms with Gasteiger partial charge in [0.05, 0.1) is 18.5 Å². The summed E-state index contributed by atoms with van der Waals surface area (Å²) in [7, 11) is 1.87. The van der Waals surface area contributed by atoms with E-state index < -0.39 is 6.10 Å². The van der Waals surface area contributed by atoms with Crippen LogP contribution < -0.4 is 16.4 Å². The van der Waals surface area contributed by atoms with Crippen molar-refractivity contribution in [1.82, 2.24) is 19.5 Å². The van der Waals surface area contributed by atoms with Gasteiger partial charge in [0.25, 0.3) is 0 Å². The number of hydrogen-bond donors (Lipinski definition) is 4. The summed E-state index contributed by atoms with van der Waals surface area (Å²) in [5, 5.41) is 17.0. The first-order valence-electron chi connectivity index (χ1n) is 8.80. The molecule has 0 bridgehead atoms. The molecule has 0 amide bonds. The molecule has 0 saturated carbocycles. The standard InChI is InChI=1S/C18H24ClN7O/c1-4-14(10(2)27)23-18-24-16(15-17(25-18)26(3)9-22-15)21-8-11-7-12(19)5-6-13(11)20/h5-7,9-10,14,27H,4,8,20H2,1-3H3,(H2,21,23,24,25). The average molecular weight is 390 g/mol. The van der Waals surface area contributed by atoms with Gasteiger partial charge in [-0.2, -0.15) is 9.97 Å².